The van der Waals surface area contributed by atoms with Gasteiger partial charge in [0.05, 0.1) is 6.54 Å². The molecule has 0 aliphatic carbocycles. The lowest BCUT2D eigenvalue weighted by atomic mass is 10.0. The van der Waals surface area contributed by atoms with E-state index >= 15 is 0 Å². The van der Waals surface area contributed by atoms with Gasteiger partial charge >= 0.3 is 12.1 Å². The van der Waals surface area contributed by atoms with Gasteiger partial charge in [0.2, 0.25) is 0 Å². The van der Waals surface area contributed by atoms with Gasteiger partial charge in [-0.05, 0) is 40.1 Å². The molecule has 1 unspecified atom stereocenters. The molecule has 0 fully saturated rings. The third-order valence-electron chi connectivity index (χ3n) is 3.02. The number of rotatable bonds is 8. The second-order valence-electron chi connectivity index (χ2n) is 5.47. The van der Waals surface area contributed by atoms with E-state index in [0.29, 0.717) is 31.0 Å². The molecule has 1 atom stereocenters. The number of nitrogens with zero attached hydrogens (tertiary/aromatic N) is 1. The first-order valence-corrected chi connectivity index (χ1v) is 7.87. The number of hydrogen-bond acceptors (Lipinski definition) is 6. The fourth-order valence-corrected chi connectivity index (χ4v) is 2.31. The fraction of sp³-hybridized carbons (Fsp3) is 0.529. The van der Waals surface area contributed by atoms with Crippen molar-refractivity contribution in [1.82, 2.24) is 10.2 Å². The average Bonchev–Trinajstić information content (AvgIpc) is 2.46. The highest BCUT2D eigenvalue weighted by atomic mass is 35.5. The zero-order chi connectivity index (χ0) is 18.2. The van der Waals surface area contributed by atoms with E-state index in [4.69, 9.17) is 14.2 Å². The lowest BCUT2D eigenvalue weighted by molar-refractivity contribution is -0.241. The maximum atomic E-state index is 11.6. The topological polar surface area (TPSA) is 77.1 Å². The molecule has 142 valence electrons. The minimum Gasteiger partial charge on any atom is -0.427 e. The maximum absolute atomic E-state index is 11.6. The Labute approximate surface area is 155 Å². The number of benzene rings is 1. The predicted molar refractivity (Wildman–Crippen MR) is 97.0 cm³/mol. The summed E-state index contributed by atoms with van der Waals surface area (Å²) in [5, 5.41) is 2.56. The summed E-state index contributed by atoms with van der Waals surface area (Å²) in [7, 11) is 3.71. The van der Waals surface area contributed by atoms with Gasteiger partial charge in [-0.25, -0.2) is 4.79 Å². The molecular formula is C17H27ClN2O5. The summed E-state index contributed by atoms with van der Waals surface area (Å²) in [6.07, 6.45) is -0.545. The smallest absolute Gasteiger partial charge is 0.412 e. The third-order valence-corrected chi connectivity index (χ3v) is 3.02. The molecule has 0 radical (unpaired) electrons. The molecule has 1 aromatic carbocycles. The van der Waals surface area contributed by atoms with Crippen molar-refractivity contribution in [3.05, 3.63) is 29.8 Å². The van der Waals surface area contributed by atoms with Crippen molar-refractivity contribution in [1.29, 1.82) is 0 Å². The van der Waals surface area contributed by atoms with Crippen LogP contribution in [-0.4, -0.2) is 50.8 Å². The zero-order valence-electron chi connectivity index (χ0n) is 15.3. The monoisotopic (exact) mass is 374 g/mol. The molecule has 7 nitrogen and oxygen atoms in total. The molecule has 0 bridgehead atoms. The van der Waals surface area contributed by atoms with Crippen molar-refractivity contribution >= 4 is 24.5 Å². The molecular weight excluding hydrogens is 348 g/mol. The van der Waals surface area contributed by atoms with Crippen molar-refractivity contribution in [3.8, 4) is 5.75 Å². The predicted octanol–water partition coefficient (Wildman–Crippen LogP) is 2.53. The van der Waals surface area contributed by atoms with Crippen LogP contribution in [0.2, 0.25) is 0 Å². The average molecular weight is 375 g/mol. The van der Waals surface area contributed by atoms with Crippen molar-refractivity contribution in [2.75, 3.05) is 33.8 Å². The summed E-state index contributed by atoms with van der Waals surface area (Å²) in [6.45, 7) is 6.10. The molecule has 1 aromatic rings. The highest BCUT2D eigenvalue weighted by Gasteiger charge is 2.38. The Balaban J connectivity index is 0.00000576. The lowest BCUT2D eigenvalue weighted by Crippen LogP contribution is -2.44. The number of nitrogens with one attached hydrogen (secondary N) is 1. The SMILES string of the molecule is CCNC(=O)Oc1cccc(C(CN(C)C)(OCC)OC(C)=O)c1.Cl. The van der Waals surface area contributed by atoms with E-state index < -0.39 is 17.8 Å². The molecule has 0 spiro atoms. The number of ether oxygens (including phenoxy) is 3. The maximum Gasteiger partial charge on any atom is 0.412 e. The van der Waals surface area contributed by atoms with Crippen LogP contribution in [0.4, 0.5) is 4.79 Å². The van der Waals surface area contributed by atoms with Crippen LogP contribution in [-0.2, 0) is 20.1 Å². The van der Waals surface area contributed by atoms with Gasteiger partial charge in [0.15, 0.2) is 0 Å². The van der Waals surface area contributed by atoms with Crippen LogP contribution in [0.1, 0.15) is 26.3 Å². The number of likely N-dealkylation sites (N-methyl/N-ethyl adjacent to an activating group) is 1. The Morgan fingerprint density at radius 3 is 2.44 bits per heavy atom. The summed E-state index contributed by atoms with van der Waals surface area (Å²) < 4.78 is 16.5. The van der Waals surface area contributed by atoms with E-state index in [1.165, 1.54) is 6.92 Å². The summed E-state index contributed by atoms with van der Waals surface area (Å²) in [5.41, 5.74) is 0.593. The minimum absolute atomic E-state index is 0. The summed E-state index contributed by atoms with van der Waals surface area (Å²) in [6, 6.07) is 6.78. The van der Waals surface area contributed by atoms with Crippen LogP contribution in [0, 0.1) is 0 Å². The molecule has 1 rings (SSSR count). The first-order valence-electron chi connectivity index (χ1n) is 7.87. The molecule has 0 heterocycles. The second-order valence-corrected chi connectivity index (χ2v) is 5.47. The second kappa shape index (κ2) is 10.9. The van der Waals surface area contributed by atoms with Gasteiger partial charge in [-0.15, -0.1) is 12.4 Å². The van der Waals surface area contributed by atoms with Crippen molar-refractivity contribution in [3.63, 3.8) is 0 Å². The standard InChI is InChI=1S/C17H26N2O5.ClH/c1-6-18-16(21)23-15-10-8-9-14(11-15)17(22-7-2,12-19(4)5)24-13(3)20;/h8-11H,6-7,12H2,1-5H3,(H,18,21);1H. The summed E-state index contributed by atoms with van der Waals surface area (Å²) >= 11 is 0. The molecule has 0 saturated heterocycles. The van der Waals surface area contributed by atoms with Gasteiger partial charge in [-0.2, -0.15) is 0 Å². The number of halogens is 1. The van der Waals surface area contributed by atoms with Crippen LogP contribution in [0.15, 0.2) is 24.3 Å². The van der Waals surface area contributed by atoms with Crippen molar-refractivity contribution in [2.45, 2.75) is 26.6 Å². The van der Waals surface area contributed by atoms with Crippen LogP contribution in [0.25, 0.3) is 0 Å². The van der Waals surface area contributed by atoms with Crippen LogP contribution in [0.3, 0.4) is 0 Å². The highest BCUT2D eigenvalue weighted by Crippen LogP contribution is 2.31. The number of carbonyl (C=O) groups excluding carboxylic acids is 2. The Morgan fingerprint density at radius 2 is 1.92 bits per heavy atom. The van der Waals surface area contributed by atoms with Gasteiger partial charge in [0.25, 0.3) is 5.79 Å². The third kappa shape index (κ3) is 7.29. The van der Waals surface area contributed by atoms with E-state index in [-0.39, 0.29) is 12.4 Å². The Kier molecular flexibility index (Phi) is 10.1. The molecule has 0 saturated carbocycles. The van der Waals surface area contributed by atoms with Crippen LogP contribution < -0.4 is 10.1 Å². The van der Waals surface area contributed by atoms with Gasteiger partial charge < -0.3 is 24.4 Å². The van der Waals surface area contributed by atoms with Crippen molar-refractivity contribution < 1.29 is 23.8 Å². The van der Waals surface area contributed by atoms with Crippen molar-refractivity contribution in [2.24, 2.45) is 0 Å². The van der Waals surface area contributed by atoms with Gasteiger partial charge in [0, 0.05) is 25.6 Å². The molecule has 8 heteroatoms. The Morgan fingerprint density at radius 1 is 1.24 bits per heavy atom. The summed E-state index contributed by atoms with van der Waals surface area (Å²) in [4.78, 5) is 25.1. The Bertz CT molecular complexity index is 568. The lowest BCUT2D eigenvalue weighted by Gasteiger charge is -2.35. The van der Waals surface area contributed by atoms with Crippen LogP contribution in [0.5, 0.6) is 5.75 Å². The quantitative estimate of drug-likeness (QED) is 0.556. The fourth-order valence-electron chi connectivity index (χ4n) is 2.31. The first-order chi connectivity index (χ1) is 11.3. The molecule has 1 amide bonds. The first kappa shape index (κ1) is 23.2. The molecule has 25 heavy (non-hydrogen) atoms. The van der Waals surface area contributed by atoms with Gasteiger partial charge in [-0.3, -0.25) is 4.79 Å². The normalized spacial score (nSPS) is 12.7. The molecule has 1 N–H and O–H groups in total. The Hall–Kier alpha value is -1.83. The molecule has 0 aromatic heterocycles. The molecule has 0 aliphatic rings. The number of amides is 1. The number of esters is 1. The molecule has 0 aliphatic heterocycles. The van der Waals surface area contributed by atoms with Crippen LogP contribution >= 0.6 is 12.4 Å². The zero-order valence-corrected chi connectivity index (χ0v) is 16.1. The largest absolute Gasteiger partial charge is 0.427 e. The van der Waals surface area contributed by atoms with Gasteiger partial charge in [0.1, 0.15) is 5.75 Å². The number of hydrogen-bond donors (Lipinski definition) is 1. The van der Waals surface area contributed by atoms with E-state index in [9.17, 15) is 9.59 Å². The van der Waals surface area contributed by atoms with E-state index in [0.717, 1.165) is 0 Å². The highest BCUT2D eigenvalue weighted by molar-refractivity contribution is 5.85. The van der Waals surface area contributed by atoms with E-state index in [1.807, 2.05) is 25.9 Å². The van der Waals surface area contributed by atoms with Gasteiger partial charge in [-0.1, -0.05) is 12.1 Å². The van der Waals surface area contributed by atoms with E-state index in [2.05, 4.69) is 5.32 Å². The minimum atomic E-state index is -1.27. The number of carbonyl (C=O) groups is 2. The van der Waals surface area contributed by atoms with E-state index in [1.54, 1.807) is 31.2 Å². The summed E-state index contributed by atoms with van der Waals surface area (Å²) in [5.74, 6) is -1.39.